The Hall–Kier alpha value is -1.73. The van der Waals surface area contributed by atoms with Crippen LogP contribution in [0.4, 0.5) is 11.4 Å². The van der Waals surface area contributed by atoms with E-state index in [-0.39, 0.29) is 11.9 Å². The van der Waals surface area contributed by atoms with Crippen molar-refractivity contribution in [3.05, 3.63) is 33.5 Å². The molecular formula is C14H14BrClN4O2. The molecule has 0 fully saturated rings. The van der Waals surface area contributed by atoms with Crippen LogP contribution in [0.25, 0.3) is 0 Å². The molecule has 116 valence electrons. The van der Waals surface area contributed by atoms with Crippen LogP contribution in [-0.4, -0.2) is 28.8 Å². The number of nitrogens with zero attached hydrogens (tertiary/aromatic N) is 2. The molecule has 0 saturated heterocycles. The van der Waals surface area contributed by atoms with Gasteiger partial charge in [-0.25, -0.2) is 0 Å². The molecule has 2 N–H and O–H groups in total. The highest BCUT2D eigenvalue weighted by atomic mass is 79.9. The molecule has 2 aromatic rings. The quantitative estimate of drug-likeness (QED) is 0.851. The Kier molecular flexibility index (Phi) is 4.01. The zero-order chi connectivity index (χ0) is 15.9. The van der Waals surface area contributed by atoms with E-state index >= 15 is 0 Å². The highest BCUT2D eigenvalue weighted by Gasteiger charge is 2.29. The van der Waals surface area contributed by atoms with Gasteiger partial charge in [-0.05, 0) is 35.0 Å². The molecule has 0 bridgehead atoms. The molecule has 1 atom stereocenters. The molecule has 1 aliphatic heterocycles. The molecule has 1 aliphatic rings. The number of carbonyl (C=O) groups excluding carboxylic acids is 1. The summed E-state index contributed by atoms with van der Waals surface area (Å²) in [6.45, 7) is 2.55. The maximum absolute atomic E-state index is 12.3. The Morgan fingerprint density at radius 3 is 3.05 bits per heavy atom. The van der Waals surface area contributed by atoms with Gasteiger partial charge in [0.2, 0.25) is 0 Å². The molecular weight excluding hydrogens is 372 g/mol. The first-order valence-electron chi connectivity index (χ1n) is 6.68. The summed E-state index contributed by atoms with van der Waals surface area (Å²) in [5, 5.41) is 10.9. The van der Waals surface area contributed by atoms with Crippen molar-refractivity contribution in [3.8, 4) is 5.75 Å². The number of halogens is 2. The fraction of sp³-hybridized carbons (Fsp3) is 0.286. The molecule has 1 aromatic heterocycles. The lowest BCUT2D eigenvalue weighted by molar-refractivity contribution is 0.0902. The van der Waals surface area contributed by atoms with E-state index in [0.717, 1.165) is 0 Å². The van der Waals surface area contributed by atoms with Gasteiger partial charge in [0.05, 0.1) is 24.4 Å². The second-order valence-corrected chi connectivity index (χ2v) is 6.18. The van der Waals surface area contributed by atoms with E-state index in [0.29, 0.717) is 39.0 Å². The molecule has 0 radical (unpaired) electrons. The van der Waals surface area contributed by atoms with Gasteiger partial charge in [-0.15, -0.1) is 0 Å². The highest BCUT2D eigenvalue weighted by molar-refractivity contribution is 9.10. The number of anilines is 2. The van der Waals surface area contributed by atoms with Crippen LogP contribution in [0.15, 0.2) is 22.8 Å². The molecule has 8 heteroatoms. The number of hydrogen-bond acceptors (Lipinski definition) is 4. The van der Waals surface area contributed by atoms with E-state index in [1.54, 1.807) is 23.9 Å². The van der Waals surface area contributed by atoms with Gasteiger partial charge >= 0.3 is 0 Å². The van der Waals surface area contributed by atoms with Gasteiger partial charge < -0.3 is 15.4 Å². The van der Waals surface area contributed by atoms with Crippen molar-refractivity contribution >= 4 is 44.8 Å². The second-order valence-electron chi connectivity index (χ2n) is 5.02. The minimum Gasteiger partial charge on any atom is -0.493 e. The second kappa shape index (κ2) is 5.81. The predicted octanol–water partition coefficient (Wildman–Crippen LogP) is 3.18. The smallest absolute Gasteiger partial charge is 0.272 e. The van der Waals surface area contributed by atoms with Crippen LogP contribution < -0.4 is 15.4 Å². The first kappa shape index (κ1) is 15.2. The van der Waals surface area contributed by atoms with Gasteiger partial charge in [0.15, 0.2) is 16.0 Å². The number of hydrogen-bond donors (Lipinski definition) is 2. The number of para-hydroxylation sites is 1. The Bertz CT molecular complexity index is 747. The van der Waals surface area contributed by atoms with E-state index in [2.05, 4.69) is 31.7 Å². The molecule has 1 aromatic carbocycles. The van der Waals surface area contributed by atoms with Crippen LogP contribution >= 0.6 is 27.5 Å². The number of aromatic nitrogens is 2. The fourth-order valence-electron chi connectivity index (χ4n) is 2.45. The van der Waals surface area contributed by atoms with Crippen molar-refractivity contribution in [3.63, 3.8) is 0 Å². The van der Waals surface area contributed by atoms with Gasteiger partial charge in [-0.1, -0.05) is 17.7 Å². The average Bonchev–Trinajstić information content (AvgIpc) is 2.75. The van der Waals surface area contributed by atoms with Crippen molar-refractivity contribution in [2.75, 3.05) is 12.4 Å². The van der Waals surface area contributed by atoms with E-state index in [9.17, 15) is 4.79 Å². The van der Waals surface area contributed by atoms with Crippen molar-refractivity contribution in [2.24, 2.45) is 0 Å². The van der Waals surface area contributed by atoms with Crippen molar-refractivity contribution < 1.29 is 9.53 Å². The lowest BCUT2D eigenvalue weighted by Crippen LogP contribution is -2.42. The highest BCUT2D eigenvalue weighted by Crippen LogP contribution is 2.37. The lowest BCUT2D eigenvalue weighted by Gasteiger charge is -2.22. The number of nitrogens with one attached hydrogen (secondary N) is 2. The third kappa shape index (κ3) is 2.55. The van der Waals surface area contributed by atoms with Crippen molar-refractivity contribution in [1.29, 1.82) is 0 Å². The zero-order valence-electron chi connectivity index (χ0n) is 12.0. The van der Waals surface area contributed by atoms with Gasteiger partial charge in [0, 0.05) is 6.04 Å². The van der Waals surface area contributed by atoms with E-state index in [1.807, 2.05) is 13.0 Å². The fourth-order valence-corrected chi connectivity index (χ4v) is 3.18. The molecule has 0 saturated carbocycles. The third-order valence-corrected chi connectivity index (χ3v) is 4.23. The van der Waals surface area contributed by atoms with Crippen LogP contribution in [0.3, 0.4) is 0 Å². The van der Waals surface area contributed by atoms with Crippen LogP contribution in [0, 0.1) is 0 Å². The summed E-state index contributed by atoms with van der Waals surface area (Å²) in [6, 6.07) is 5.41. The Morgan fingerprint density at radius 1 is 1.55 bits per heavy atom. The number of rotatable bonds is 3. The molecule has 3 rings (SSSR count). The molecule has 0 unspecified atom stereocenters. The largest absolute Gasteiger partial charge is 0.493 e. The monoisotopic (exact) mass is 384 g/mol. The van der Waals surface area contributed by atoms with Crippen molar-refractivity contribution in [1.82, 2.24) is 15.1 Å². The number of benzene rings is 1. The van der Waals surface area contributed by atoms with Gasteiger partial charge in [0.25, 0.3) is 5.91 Å². The van der Waals surface area contributed by atoms with Gasteiger partial charge in [0.1, 0.15) is 5.69 Å². The molecule has 1 amide bonds. The van der Waals surface area contributed by atoms with Gasteiger partial charge in [-0.3, -0.25) is 9.48 Å². The van der Waals surface area contributed by atoms with Crippen LogP contribution in [0.5, 0.6) is 5.75 Å². The maximum Gasteiger partial charge on any atom is 0.272 e. The molecule has 2 heterocycles. The topological polar surface area (TPSA) is 68.2 Å². The normalized spacial score (nSPS) is 16.9. The van der Waals surface area contributed by atoms with E-state index < -0.39 is 0 Å². The summed E-state index contributed by atoms with van der Waals surface area (Å²) >= 11 is 9.52. The SMILES string of the molecule is COc1c(Cl)cccc1Nc1c(Br)nn2c1C(=O)N[C@@H](C)C2. The summed E-state index contributed by atoms with van der Waals surface area (Å²) in [6.07, 6.45) is 0. The molecule has 6 nitrogen and oxygen atoms in total. The lowest BCUT2D eigenvalue weighted by atomic mass is 10.2. The summed E-state index contributed by atoms with van der Waals surface area (Å²) in [5.74, 6) is 0.348. The molecule has 0 aliphatic carbocycles. The predicted molar refractivity (Wildman–Crippen MR) is 88.1 cm³/mol. The Labute approximate surface area is 140 Å². The molecule has 0 spiro atoms. The third-order valence-electron chi connectivity index (χ3n) is 3.38. The first-order chi connectivity index (χ1) is 10.5. The number of amides is 1. The summed E-state index contributed by atoms with van der Waals surface area (Å²) in [7, 11) is 1.54. The standard InChI is InChI=1S/C14H14BrClN4O2/c1-7-6-20-11(14(21)17-7)10(13(15)19-20)18-9-5-3-4-8(16)12(9)22-2/h3-5,7,18H,6H2,1-2H3,(H,17,21)/t7-/m0/s1. The first-order valence-corrected chi connectivity index (χ1v) is 7.85. The summed E-state index contributed by atoms with van der Waals surface area (Å²) in [4.78, 5) is 12.3. The number of ether oxygens (including phenoxy) is 1. The number of fused-ring (bicyclic) bond motifs is 1. The Balaban J connectivity index is 2.04. The summed E-state index contributed by atoms with van der Waals surface area (Å²) in [5.41, 5.74) is 1.73. The van der Waals surface area contributed by atoms with Gasteiger partial charge in [-0.2, -0.15) is 5.10 Å². The summed E-state index contributed by atoms with van der Waals surface area (Å²) < 4.78 is 7.57. The molecule has 22 heavy (non-hydrogen) atoms. The maximum atomic E-state index is 12.3. The van der Waals surface area contributed by atoms with Crippen LogP contribution in [-0.2, 0) is 6.54 Å². The Morgan fingerprint density at radius 2 is 2.32 bits per heavy atom. The minimum atomic E-state index is -0.166. The minimum absolute atomic E-state index is 0.0420. The number of methoxy groups -OCH3 is 1. The average molecular weight is 386 g/mol. The van der Waals surface area contributed by atoms with Crippen molar-refractivity contribution in [2.45, 2.75) is 19.5 Å². The zero-order valence-corrected chi connectivity index (χ0v) is 14.3. The number of carbonyl (C=O) groups is 1. The van der Waals surface area contributed by atoms with E-state index in [4.69, 9.17) is 16.3 Å². The van der Waals surface area contributed by atoms with E-state index in [1.165, 1.54) is 0 Å². The van der Waals surface area contributed by atoms with Crippen LogP contribution in [0.2, 0.25) is 5.02 Å². The van der Waals surface area contributed by atoms with Crippen LogP contribution in [0.1, 0.15) is 17.4 Å².